The van der Waals surface area contributed by atoms with Gasteiger partial charge in [-0.1, -0.05) is 41.1 Å². The second-order valence-electron chi connectivity index (χ2n) is 7.71. The van der Waals surface area contributed by atoms with Crippen LogP contribution in [0.3, 0.4) is 0 Å². The summed E-state index contributed by atoms with van der Waals surface area (Å²) in [4.78, 5) is 27.4. The maximum atomic E-state index is 12.8. The molecule has 1 aliphatic heterocycles. The van der Waals surface area contributed by atoms with E-state index in [4.69, 9.17) is 11.6 Å². The first kappa shape index (κ1) is 23.0. The van der Waals surface area contributed by atoms with E-state index < -0.39 is 4.92 Å². The minimum absolute atomic E-state index is 0.0274. The van der Waals surface area contributed by atoms with Gasteiger partial charge in [-0.25, -0.2) is 0 Å². The van der Waals surface area contributed by atoms with Crippen molar-refractivity contribution in [3.8, 4) is 5.69 Å². The third kappa shape index (κ3) is 5.09. The maximum Gasteiger partial charge on any atom is 0.294 e. The molecule has 33 heavy (non-hydrogen) atoms. The zero-order valence-electron chi connectivity index (χ0n) is 18.1. The number of carbonyl (C=O) groups is 1. The predicted molar refractivity (Wildman–Crippen MR) is 126 cm³/mol. The number of hydrogen-bond acceptors (Lipinski definition) is 8. The zero-order chi connectivity index (χ0) is 23.5. The van der Waals surface area contributed by atoms with E-state index in [1.165, 1.54) is 17.8 Å². The topological polar surface area (TPSA) is 110 Å². The van der Waals surface area contributed by atoms with Crippen molar-refractivity contribution in [1.82, 2.24) is 25.1 Å². The Labute approximate surface area is 199 Å². The Hall–Kier alpha value is -3.18. The molecule has 12 heteroatoms. The van der Waals surface area contributed by atoms with E-state index in [1.807, 2.05) is 30.9 Å². The Bertz CT molecular complexity index is 1190. The number of piperazine rings is 1. The zero-order valence-corrected chi connectivity index (χ0v) is 19.7. The molecule has 0 radical (unpaired) electrons. The van der Waals surface area contributed by atoms with Crippen LogP contribution in [0.5, 0.6) is 0 Å². The fourth-order valence-corrected chi connectivity index (χ4v) is 4.74. The largest absolute Gasteiger partial charge is 0.362 e. The first-order chi connectivity index (χ1) is 15.8. The summed E-state index contributed by atoms with van der Waals surface area (Å²) in [7, 11) is 0. The molecule has 3 aromatic rings. The molecule has 172 valence electrons. The van der Waals surface area contributed by atoms with Crippen LogP contribution in [-0.4, -0.2) is 67.9 Å². The number of nitrogens with zero attached hydrogens (tertiary/aromatic N) is 7. The monoisotopic (exact) mass is 487 g/mol. The fourth-order valence-electron chi connectivity index (χ4n) is 3.79. The molecule has 0 spiro atoms. The molecule has 0 N–H and O–H groups in total. The third-order valence-corrected chi connectivity index (χ3v) is 6.59. The highest BCUT2D eigenvalue weighted by Crippen LogP contribution is 2.31. The lowest BCUT2D eigenvalue weighted by Gasteiger charge is -2.35. The van der Waals surface area contributed by atoms with Gasteiger partial charge in [0.15, 0.2) is 0 Å². The van der Waals surface area contributed by atoms with Crippen LogP contribution in [0.1, 0.15) is 11.1 Å². The summed E-state index contributed by atoms with van der Waals surface area (Å²) in [6.45, 7) is 5.96. The average molecular weight is 488 g/mol. The first-order valence-corrected chi connectivity index (χ1v) is 11.7. The van der Waals surface area contributed by atoms with Gasteiger partial charge in [-0.2, -0.15) is 4.68 Å². The number of nitro groups is 1. The van der Waals surface area contributed by atoms with Gasteiger partial charge >= 0.3 is 0 Å². The summed E-state index contributed by atoms with van der Waals surface area (Å²) in [5.41, 5.74) is 3.55. The molecule has 0 saturated carbocycles. The van der Waals surface area contributed by atoms with E-state index in [0.29, 0.717) is 42.0 Å². The Morgan fingerprint density at radius 2 is 1.85 bits per heavy atom. The second kappa shape index (κ2) is 9.75. The number of rotatable bonds is 6. The Balaban J connectivity index is 1.37. The molecule has 4 rings (SSSR count). The summed E-state index contributed by atoms with van der Waals surface area (Å²) in [5.74, 6) is 0.173. The average Bonchev–Trinajstić information content (AvgIpc) is 3.26. The normalized spacial score (nSPS) is 13.9. The van der Waals surface area contributed by atoms with E-state index in [9.17, 15) is 14.9 Å². The highest BCUT2D eigenvalue weighted by Gasteiger charge is 2.26. The van der Waals surface area contributed by atoms with Gasteiger partial charge in [-0.3, -0.25) is 14.9 Å². The number of tetrazole rings is 1. The summed E-state index contributed by atoms with van der Waals surface area (Å²) >= 11 is 7.20. The van der Waals surface area contributed by atoms with Crippen LogP contribution < -0.4 is 4.90 Å². The lowest BCUT2D eigenvalue weighted by atomic mass is 10.1. The molecule has 0 unspecified atom stereocenters. The number of amides is 1. The highest BCUT2D eigenvalue weighted by molar-refractivity contribution is 7.99. The molecule has 2 aromatic carbocycles. The molecular weight excluding hydrogens is 466 g/mol. The summed E-state index contributed by atoms with van der Waals surface area (Å²) < 4.78 is 1.64. The van der Waals surface area contributed by atoms with Gasteiger partial charge in [0.05, 0.1) is 16.4 Å². The molecule has 2 heterocycles. The summed E-state index contributed by atoms with van der Waals surface area (Å²) in [6.07, 6.45) is 0. The van der Waals surface area contributed by atoms with Crippen molar-refractivity contribution < 1.29 is 9.72 Å². The van der Waals surface area contributed by atoms with Gasteiger partial charge in [-0.05, 0) is 48.0 Å². The Morgan fingerprint density at radius 3 is 2.55 bits per heavy atom. The van der Waals surface area contributed by atoms with E-state index in [0.717, 1.165) is 16.8 Å². The van der Waals surface area contributed by atoms with Crippen LogP contribution in [0.15, 0.2) is 41.6 Å². The number of aryl methyl sites for hydroxylation is 2. The third-order valence-electron chi connectivity index (χ3n) is 5.45. The molecule has 0 aliphatic carbocycles. The standard InChI is InChI=1S/C21H22ClN7O3S/c1-14-3-5-17(15(2)11-14)28-21(23-24-25-28)33-13-20(30)27-9-7-26(8-10-27)18-6-4-16(22)12-19(18)29(31)32/h3-6,11-12H,7-10,13H2,1-2H3. The molecule has 1 fully saturated rings. The Morgan fingerprint density at radius 1 is 1.12 bits per heavy atom. The second-order valence-corrected chi connectivity index (χ2v) is 9.09. The molecule has 10 nitrogen and oxygen atoms in total. The molecule has 1 aromatic heterocycles. The van der Waals surface area contributed by atoms with Crippen LogP contribution in [0.2, 0.25) is 5.02 Å². The van der Waals surface area contributed by atoms with E-state index >= 15 is 0 Å². The van der Waals surface area contributed by atoms with Crippen molar-refractivity contribution in [1.29, 1.82) is 0 Å². The van der Waals surface area contributed by atoms with Crippen LogP contribution in [0.4, 0.5) is 11.4 Å². The predicted octanol–water partition coefficient (Wildman–Crippen LogP) is 3.28. The van der Waals surface area contributed by atoms with E-state index in [2.05, 4.69) is 21.6 Å². The van der Waals surface area contributed by atoms with Gasteiger partial charge in [0, 0.05) is 37.3 Å². The van der Waals surface area contributed by atoms with Crippen molar-refractivity contribution in [3.63, 3.8) is 0 Å². The van der Waals surface area contributed by atoms with Crippen LogP contribution in [0.25, 0.3) is 5.69 Å². The van der Waals surface area contributed by atoms with Crippen molar-refractivity contribution in [2.45, 2.75) is 19.0 Å². The van der Waals surface area contributed by atoms with Gasteiger partial charge in [-0.15, -0.1) is 5.10 Å². The fraction of sp³-hybridized carbons (Fsp3) is 0.333. The summed E-state index contributed by atoms with van der Waals surface area (Å²) in [6, 6.07) is 10.7. The molecule has 0 bridgehead atoms. The molecule has 1 aliphatic rings. The smallest absolute Gasteiger partial charge is 0.294 e. The van der Waals surface area contributed by atoms with Crippen molar-refractivity contribution >= 4 is 40.6 Å². The van der Waals surface area contributed by atoms with Gasteiger partial charge < -0.3 is 9.80 Å². The number of halogens is 1. The van der Waals surface area contributed by atoms with E-state index in [-0.39, 0.29) is 17.3 Å². The number of anilines is 1. The molecule has 0 atom stereocenters. The Kier molecular flexibility index (Phi) is 6.80. The molecular formula is C21H22ClN7O3S. The van der Waals surface area contributed by atoms with Crippen LogP contribution in [-0.2, 0) is 4.79 Å². The van der Waals surface area contributed by atoms with Crippen LogP contribution >= 0.6 is 23.4 Å². The summed E-state index contributed by atoms with van der Waals surface area (Å²) in [5, 5.41) is 24.2. The number of nitro benzene ring substituents is 1. The van der Waals surface area contributed by atoms with Gasteiger partial charge in [0.25, 0.3) is 5.69 Å². The lowest BCUT2D eigenvalue weighted by Crippen LogP contribution is -2.49. The number of carbonyl (C=O) groups excluding carboxylic acids is 1. The minimum Gasteiger partial charge on any atom is -0.362 e. The van der Waals surface area contributed by atoms with Crippen LogP contribution in [0, 0.1) is 24.0 Å². The molecule has 1 saturated heterocycles. The number of hydrogen-bond donors (Lipinski definition) is 0. The maximum absolute atomic E-state index is 12.8. The highest BCUT2D eigenvalue weighted by atomic mass is 35.5. The number of thioether (sulfide) groups is 1. The lowest BCUT2D eigenvalue weighted by molar-refractivity contribution is -0.384. The van der Waals surface area contributed by atoms with Gasteiger partial charge in [0.1, 0.15) is 5.69 Å². The first-order valence-electron chi connectivity index (χ1n) is 10.3. The van der Waals surface area contributed by atoms with Crippen molar-refractivity contribution in [2.24, 2.45) is 0 Å². The molecule has 1 amide bonds. The minimum atomic E-state index is -0.435. The van der Waals surface area contributed by atoms with Gasteiger partial charge in [0.2, 0.25) is 11.1 Å². The van der Waals surface area contributed by atoms with Crippen molar-refractivity contribution in [2.75, 3.05) is 36.8 Å². The SMILES string of the molecule is Cc1ccc(-n2nnnc2SCC(=O)N2CCN(c3ccc(Cl)cc3[N+](=O)[O-])CC2)c(C)c1. The quantitative estimate of drug-likeness (QED) is 0.296. The van der Waals surface area contributed by atoms with Crippen molar-refractivity contribution in [3.05, 3.63) is 62.7 Å². The number of aromatic nitrogens is 4. The van der Waals surface area contributed by atoms with E-state index in [1.54, 1.807) is 21.7 Å². The number of benzene rings is 2.